The standard InChI is InChI=1S/C15H16N2O5/c18-10-3-1-8(2-4-10)14(20)16-7-13(19)17-11-5-9(11)6-12(17)15(21)22/h1-4,9,11-12,18H,5-7H2,(H,16,20)(H,21,22). The number of rotatable bonds is 4. The molecule has 0 radical (unpaired) electrons. The minimum Gasteiger partial charge on any atom is -0.508 e. The Labute approximate surface area is 126 Å². The number of piperidine rings is 1. The highest BCUT2D eigenvalue weighted by molar-refractivity contribution is 5.97. The van der Waals surface area contributed by atoms with Crippen LogP contribution in [0.15, 0.2) is 24.3 Å². The van der Waals surface area contributed by atoms with Gasteiger partial charge in [0.1, 0.15) is 11.8 Å². The van der Waals surface area contributed by atoms with E-state index in [0.29, 0.717) is 12.0 Å². The van der Waals surface area contributed by atoms with Gasteiger partial charge in [0.15, 0.2) is 0 Å². The van der Waals surface area contributed by atoms with Crippen molar-refractivity contribution in [1.82, 2.24) is 10.2 Å². The quantitative estimate of drug-likeness (QED) is 0.736. The molecule has 22 heavy (non-hydrogen) atoms. The van der Waals surface area contributed by atoms with Crippen molar-refractivity contribution < 1.29 is 24.6 Å². The molecule has 2 fully saturated rings. The average molecular weight is 304 g/mol. The number of hydrogen-bond donors (Lipinski definition) is 3. The molecule has 7 heteroatoms. The minimum atomic E-state index is -0.995. The summed E-state index contributed by atoms with van der Waals surface area (Å²) in [7, 11) is 0. The van der Waals surface area contributed by atoms with Gasteiger partial charge in [-0.15, -0.1) is 0 Å². The van der Waals surface area contributed by atoms with Gasteiger partial charge >= 0.3 is 5.97 Å². The summed E-state index contributed by atoms with van der Waals surface area (Å²) in [6, 6.07) is 4.89. The van der Waals surface area contributed by atoms with Crippen LogP contribution in [0.3, 0.4) is 0 Å². The number of carbonyl (C=O) groups excluding carboxylic acids is 2. The average Bonchev–Trinajstić information content (AvgIpc) is 3.15. The Balaban J connectivity index is 1.59. The summed E-state index contributed by atoms with van der Waals surface area (Å²) in [5, 5.41) is 20.8. The van der Waals surface area contributed by atoms with Crippen molar-refractivity contribution in [3.63, 3.8) is 0 Å². The van der Waals surface area contributed by atoms with E-state index in [2.05, 4.69) is 5.32 Å². The molecule has 1 heterocycles. The summed E-state index contributed by atoms with van der Waals surface area (Å²) in [5.74, 6) is -1.46. The van der Waals surface area contributed by atoms with Crippen molar-refractivity contribution >= 4 is 17.8 Å². The van der Waals surface area contributed by atoms with E-state index in [4.69, 9.17) is 10.2 Å². The summed E-state index contributed by atoms with van der Waals surface area (Å²) in [4.78, 5) is 36.7. The first kappa shape index (κ1) is 14.4. The second-order valence-corrected chi connectivity index (χ2v) is 5.68. The summed E-state index contributed by atoms with van der Waals surface area (Å²) in [6.07, 6.45) is 1.35. The number of aliphatic carboxylic acids is 1. The number of phenolic OH excluding ortho intramolecular Hbond substituents is 1. The van der Waals surface area contributed by atoms with Crippen LogP contribution in [0.4, 0.5) is 0 Å². The molecule has 3 N–H and O–H groups in total. The summed E-state index contributed by atoms with van der Waals surface area (Å²) >= 11 is 0. The number of carboxylic acids is 1. The molecule has 1 saturated carbocycles. The van der Waals surface area contributed by atoms with Crippen molar-refractivity contribution in [2.24, 2.45) is 5.92 Å². The normalized spacial score (nSPS) is 25.5. The van der Waals surface area contributed by atoms with E-state index in [1.54, 1.807) is 0 Å². The van der Waals surface area contributed by atoms with E-state index in [1.807, 2.05) is 0 Å². The number of benzene rings is 1. The topological polar surface area (TPSA) is 107 Å². The first-order valence-corrected chi connectivity index (χ1v) is 7.08. The number of fused-ring (bicyclic) bond motifs is 1. The third kappa shape index (κ3) is 2.61. The monoisotopic (exact) mass is 304 g/mol. The van der Waals surface area contributed by atoms with E-state index < -0.39 is 17.9 Å². The first-order chi connectivity index (χ1) is 10.5. The summed E-state index contributed by atoms with van der Waals surface area (Å²) in [6.45, 7) is -0.229. The zero-order valence-electron chi connectivity index (χ0n) is 11.7. The highest BCUT2D eigenvalue weighted by Crippen LogP contribution is 2.47. The number of phenols is 1. The van der Waals surface area contributed by atoms with Crippen LogP contribution in [-0.2, 0) is 9.59 Å². The number of amides is 2. The maximum atomic E-state index is 12.2. The van der Waals surface area contributed by atoms with Crippen molar-refractivity contribution in [3.05, 3.63) is 29.8 Å². The Hall–Kier alpha value is -2.57. The number of carboxylic acid groups (broad SMARTS) is 1. The van der Waals surface area contributed by atoms with Crippen LogP contribution < -0.4 is 5.32 Å². The first-order valence-electron chi connectivity index (χ1n) is 7.08. The second kappa shape index (κ2) is 5.32. The molecule has 2 aliphatic rings. The Morgan fingerprint density at radius 1 is 1.18 bits per heavy atom. The van der Waals surface area contributed by atoms with Crippen molar-refractivity contribution in [3.8, 4) is 5.75 Å². The summed E-state index contributed by atoms with van der Waals surface area (Å²) in [5.41, 5.74) is 0.325. The van der Waals surface area contributed by atoms with Crippen molar-refractivity contribution in [2.75, 3.05) is 6.54 Å². The molecular weight excluding hydrogens is 288 g/mol. The lowest BCUT2D eigenvalue weighted by Gasteiger charge is -2.24. The van der Waals surface area contributed by atoms with Gasteiger partial charge in [0.25, 0.3) is 5.91 Å². The maximum Gasteiger partial charge on any atom is 0.326 e. The van der Waals surface area contributed by atoms with Gasteiger partial charge in [0.2, 0.25) is 5.91 Å². The number of likely N-dealkylation sites (tertiary alicyclic amines) is 1. The number of hydrogen-bond acceptors (Lipinski definition) is 4. The number of nitrogens with zero attached hydrogens (tertiary/aromatic N) is 1. The van der Waals surface area contributed by atoms with Crippen LogP contribution in [0.5, 0.6) is 5.75 Å². The van der Waals surface area contributed by atoms with Gasteiger partial charge in [-0.25, -0.2) is 4.79 Å². The molecule has 0 spiro atoms. The zero-order valence-corrected chi connectivity index (χ0v) is 11.7. The molecular formula is C15H16N2O5. The molecule has 7 nitrogen and oxygen atoms in total. The van der Waals surface area contributed by atoms with Gasteiger partial charge < -0.3 is 20.4 Å². The lowest BCUT2D eigenvalue weighted by atomic mass is 10.1. The van der Waals surface area contributed by atoms with Crippen LogP contribution in [0.1, 0.15) is 23.2 Å². The predicted molar refractivity (Wildman–Crippen MR) is 75.2 cm³/mol. The Bertz CT molecular complexity index is 627. The fraction of sp³-hybridized carbons (Fsp3) is 0.400. The van der Waals surface area contributed by atoms with Gasteiger partial charge in [-0.05, 0) is 43.0 Å². The third-order valence-corrected chi connectivity index (χ3v) is 4.21. The van der Waals surface area contributed by atoms with Gasteiger partial charge in [0, 0.05) is 11.6 Å². The molecule has 116 valence electrons. The van der Waals surface area contributed by atoms with Crippen molar-refractivity contribution in [2.45, 2.75) is 24.9 Å². The molecule has 1 aromatic carbocycles. The lowest BCUT2D eigenvalue weighted by molar-refractivity contribution is -0.149. The van der Waals surface area contributed by atoms with Gasteiger partial charge in [-0.1, -0.05) is 0 Å². The van der Waals surface area contributed by atoms with E-state index >= 15 is 0 Å². The minimum absolute atomic E-state index is 0.0131. The molecule has 1 aromatic rings. The highest BCUT2D eigenvalue weighted by atomic mass is 16.4. The number of aromatic hydroxyl groups is 1. The molecule has 3 atom stereocenters. The largest absolute Gasteiger partial charge is 0.508 e. The molecule has 0 aromatic heterocycles. The fourth-order valence-electron chi connectivity index (χ4n) is 3.00. The van der Waals surface area contributed by atoms with Crippen LogP contribution in [-0.4, -0.2) is 51.5 Å². The van der Waals surface area contributed by atoms with Crippen LogP contribution in [0.25, 0.3) is 0 Å². The smallest absolute Gasteiger partial charge is 0.326 e. The molecule has 1 aliphatic carbocycles. The van der Waals surface area contributed by atoms with E-state index in [0.717, 1.165) is 6.42 Å². The predicted octanol–water partition coefficient (Wildman–Crippen LogP) is 0.196. The van der Waals surface area contributed by atoms with Crippen LogP contribution in [0, 0.1) is 5.92 Å². The Kier molecular flexibility index (Phi) is 3.48. The van der Waals surface area contributed by atoms with E-state index in [9.17, 15) is 14.4 Å². The second-order valence-electron chi connectivity index (χ2n) is 5.68. The molecule has 0 bridgehead atoms. The Morgan fingerprint density at radius 2 is 1.86 bits per heavy atom. The van der Waals surface area contributed by atoms with E-state index in [1.165, 1.54) is 29.2 Å². The number of carbonyl (C=O) groups is 3. The molecule has 1 aliphatic heterocycles. The Morgan fingerprint density at radius 3 is 2.50 bits per heavy atom. The number of nitrogens with one attached hydrogen (secondary N) is 1. The molecule has 3 rings (SSSR count). The SMILES string of the molecule is O=C(NCC(=O)N1C(C(=O)O)CC2CC21)c1ccc(O)cc1. The fourth-order valence-corrected chi connectivity index (χ4v) is 3.00. The van der Waals surface area contributed by atoms with Crippen molar-refractivity contribution in [1.29, 1.82) is 0 Å². The zero-order chi connectivity index (χ0) is 15.9. The van der Waals surface area contributed by atoms with Gasteiger partial charge in [-0.3, -0.25) is 9.59 Å². The van der Waals surface area contributed by atoms with Crippen LogP contribution in [0.2, 0.25) is 0 Å². The lowest BCUT2D eigenvalue weighted by Crippen LogP contribution is -2.47. The molecule has 3 unspecified atom stereocenters. The summed E-state index contributed by atoms with van der Waals surface area (Å²) < 4.78 is 0. The van der Waals surface area contributed by atoms with Gasteiger partial charge in [-0.2, -0.15) is 0 Å². The van der Waals surface area contributed by atoms with Crippen LogP contribution >= 0.6 is 0 Å². The van der Waals surface area contributed by atoms with Gasteiger partial charge in [0.05, 0.1) is 6.54 Å². The third-order valence-electron chi connectivity index (χ3n) is 4.21. The molecule has 1 saturated heterocycles. The highest BCUT2D eigenvalue weighted by Gasteiger charge is 2.56. The molecule has 2 amide bonds. The maximum absolute atomic E-state index is 12.2. The van der Waals surface area contributed by atoms with E-state index in [-0.39, 0.29) is 30.2 Å².